The van der Waals surface area contributed by atoms with Crippen molar-refractivity contribution in [2.24, 2.45) is 5.92 Å². The van der Waals surface area contributed by atoms with E-state index >= 15 is 0 Å². The van der Waals surface area contributed by atoms with Gasteiger partial charge in [-0.1, -0.05) is 25.2 Å². The average molecular weight is 339 g/mol. The van der Waals surface area contributed by atoms with Gasteiger partial charge >= 0.3 is 10.8 Å². The number of nitrogens with zero attached hydrogens (tertiary/aromatic N) is 2. The molecule has 0 aromatic carbocycles. The van der Waals surface area contributed by atoms with Crippen LogP contribution in [0.1, 0.15) is 32.9 Å². The molecular weight excluding hydrogens is 318 g/mol. The highest BCUT2D eigenvalue weighted by Gasteiger charge is 2.30. The summed E-state index contributed by atoms with van der Waals surface area (Å²) >= 11 is 1.07. The Hall–Kier alpha value is -2.14. The van der Waals surface area contributed by atoms with Gasteiger partial charge in [0.2, 0.25) is 0 Å². The van der Waals surface area contributed by atoms with Crippen LogP contribution >= 0.6 is 11.3 Å². The Morgan fingerprint density at radius 3 is 2.65 bits per heavy atom. The third kappa shape index (κ3) is 5.21. The molecule has 1 rings (SSSR count). The van der Waals surface area contributed by atoms with Crippen molar-refractivity contribution in [3.8, 4) is 6.07 Å². The van der Waals surface area contributed by atoms with Crippen molar-refractivity contribution >= 4 is 23.2 Å². The molecule has 1 aromatic rings. The fraction of sp³-hybridized carbons (Fsp3) is 0.600. The largest absolute Gasteiger partial charge is 0.456 e. The minimum Gasteiger partial charge on any atom is -0.456 e. The van der Waals surface area contributed by atoms with Crippen LogP contribution in [0.2, 0.25) is 0 Å². The molecular formula is C15H21N3O4S. The van der Waals surface area contributed by atoms with Gasteiger partial charge in [-0.3, -0.25) is 14.4 Å². The van der Waals surface area contributed by atoms with Crippen molar-refractivity contribution in [3.05, 3.63) is 20.7 Å². The first-order chi connectivity index (χ1) is 10.7. The normalized spacial score (nSPS) is 13.2. The van der Waals surface area contributed by atoms with E-state index < -0.39 is 24.0 Å². The maximum absolute atomic E-state index is 11.8. The Balaban J connectivity index is 2.43. The lowest BCUT2D eigenvalue weighted by Crippen LogP contribution is -2.50. The average Bonchev–Trinajstić information content (AvgIpc) is 2.81. The first-order valence-electron chi connectivity index (χ1n) is 7.22. The Bertz CT molecular complexity index is 671. The molecule has 1 N–H and O–H groups in total. The number of carbonyl (C=O) groups is 2. The molecule has 0 aliphatic heterocycles. The monoisotopic (exact) mass is 339 g/mol. The summed E-state index contributed by atoms with van der Waals surface area (Å²) in [6.45, 7) is 6.80. The molecule has 7 nitrogen and oxygen atoms in total. The number of aromatic nitrogens is 1. The number of thiazole rings is 1. The summed E-state index contributed by atoms with van der Waals surface area (Å²) in [4.78, 5) is 34.8. The van der Waals surface area contributed by atoms with Crippen molar-refractivity contribution in [3.63, 3.8) is 0 Å². The molecule has 0 saturated carbocycles. The van der Waals surface area contributed by atoms with E-state index in [1.54, 1.807) is 19.2 Å². The van der Waals surface area contributed by atoms with Gasteiger partial charge in [0.25, 0.3) is 5.91 Å². The highest BCUT2D eigenvalue weighted by atomic mass is 32.1. The standard InChI is InChI=1S/C15H21N3O4S/c1-10(2)15(4,9-16)17-12(19)7-22-13(20)5-6-18-11(3)8-23-14(18)21/h8,10H,5-7H2,1-4H3,(H,17,19). The Morgan fingerprint density at radius 2 is 2.17 bits per heavy atom. The zero-order valence-electron chi connectivity index (χ0n) is 13.7. The lowest BCUT2D eigenvalue weighted by molar-refractivity contribution is -0.149. The molecule has 23 heavy (non-hydrogen) atoms. The summed E-state index contributed by atoms with van der Waals surface area (Å²) in [6.07, 6.45) is 0.00442. The van der Waals surface area contributed by atoms with Gasteiger partial charge in [0.1, 0.15) is 5.54 Å². The minimum absolute atomic E-state index is 0.00442. The van der Waals surface area contributed by atoms with Crippen molar-refractivity contribution in [1.82, 2.24) is 9.88 Å². The van der Waals surface area contributed by atoms with Gasteiger partial charge in [-0.15, -0.1) is 0 Å². The molecule has 1 aromatic heterocycles. The Kier molecular flexibility index (Phi) is 6.51. The third-order valence-electron chi connectivity index (χ3n) is 3.67. The van der Waals surface area contributed by atoms with Gasteiger partial charge in [-0.2, -0.15) is 5.26 Å². The fourth-order valence-electron chi connectivity index (χ4n) is 1.72. The Labute approximate surface area is 138 Å². The second-order valence-corrected chi connectivity index (χ2v) is 6.54. The Morgan fingerprint density at radius 1 is 1.52 bits per heavy atom. The van der Waals surface area contributed by atoms with Gasteiger partial charge in [0.05, 0.1) is 12.5 Å². The van der Waals surface area contributed by atoms with Crippen LogP contribution in [0.3, 0.4) is 0 Å². The van der Waals surface area contributed by atoms with Crippen molar-refractivity contribution < 1.29 is 14.3 Å². The number of rotatable bonds is 7. The number of amides is 1. The molecule has 0 spiro atoms. The fourth-order valence-corrected chi connectivity index (χ4v) is 2.48. The van der Waals surface area contributed by atoms with E-state index in [2.05, 4.69) is 5.32 Å². The summed E-state index contributed by atoms with van der Waals surface area (Å²) in [5.41, 5.74) is -0.225. The van der Waals surface area contributed by atoms with Crippen LogP contribution in [0.25, 0.3) is 0 Å². The number of nitriles is 1. The maximum Gasteiger partial charge on any atom is 0.308 e. The number of hydrogen-bond donors (Lipinski definition) is 1. The van der Waals surface area contributed by atoms with Gasteiger partial charge in [0, 0.05) is 17.6 Å². The summed E-state index contributed by atoms with van der Waals surface area (Å²) in [7, 11) is 0. The molecule has 1 amide bonds. The smallest absolute Gasteiger partial charge is 0.308 e. The molecule has 1 heterocycles. The quantitative estimate of drug-likeness (QED) is 0.752. The van der Waals surface area contributed by atoms with Gasteiger partial charge in [-0.25, -0.2) is 0 Å². The molecule has 8 heteroatoms. The maximum atomic E-state index is 11.8. The van der Waals surface area contributed by atoms with Crippen LogP contribution in [-0.2, 0) is 20.9 Å². The number of ether oxygens (including phenoxy) is 1. The lowest BCUT2D eigenvalue weighted by atomic mass is 9.90. The van der Waals surface area contributed by atoms with E-state index in [0.29, 0.717) is 0 Å². The number of nitrogens with one attached hydrogen (secondary N) is 1. The highest BCUT2D eigenvalue weighted by Crippen LogP contribution is 2.14. The second kappa shape index (κ2) is 7.92. The van der Waals surface area contributed by atoms with Crippen LogP contribution in [-0.4, -0.2) is 28.6 Å². The molecule has 1 atom stereocenters. The molecule has 0 bridgehead atoms. The highest BCUT2D eigenvalue weighted by molar-refractivity contribution is 7.07. The first kappa shape index (κ1) is 18.9. The first-order valence-corrected chi connectivity index (χ1v) is 8.10. The predicted octanol–water partition coefficient (Wildman–Crippen LogP) is 1.21. The van der Waals surface area contributed by atoms with Crippen LogP contribution in [0.4, 0.5) is 0 Å². The summed E-state index contributed by atoms with van der Waals surface area (Å²) < 4.78 is 6.36. The van der Waals surface area contributed by atoms with Crippen LogP contribution < -0.4 is 10.2 Å². The van der Waals surface area contributed by atoms with E-state index in [9.17, 15) is 14.4 Å². The van der Waals surface area contributed by atoms with Crippen molar-refractivity contribution in [2.45, 2.75) is 46.2 Å². The van der Waals surface area contributed by atoms with Gasteiger partial charge in [0.15, 0.2) is 6.61 Å². The second-order valence-electron chi connectivity index (χ2n) is 5.72. The lowest BCUT2D eigenvalue weighted by Gasteiger charge is -2.27. The third-order valence-corrected chi connectivity index (χ3v) is 4.55. The molecule has 0 radical (unpaired) electrons. The van der Waals surface area contributed by atoms with E-state index in [1.807, 2.05) is 19.9 Å². The summed E-state index contributed by atoms with van der Waals surface area (Å²) in [5, 5.41) is 13.4. The number of hydrogen-bond acceptors (Lipinski definition) is 6. The molecule has 0 fully saturated rings. The van der Waals surface area contributed by atoms with Crippen LogP contribution in [0.5, 0.6) is 0 Å². The number of carbonyl (C=O) groups excluding carboxylic acids is 2. The molecule has 0 aliphatic rings. The number of aryl methyl sites for hydroxylation is 1. The molecule has 0 saturated heterocycles. The van der Waals surface area contributed by atoms with Crippen molar-refractivity contribution in [1.29, 1.82) is 5.26 Å². The molecule has 1 unspecified atom stereocenters. The zero-order chi connectivity index (χ0) is 17.6. The summed E-state index contributed by atoms with van der Waals surface area (Å²) in [6, 6.07) is 2.04. The molecule has 0 aliphatic carbocycles. The SMILES string of the molecule is Cc1csc(=O)n1CCC(=O)OCC(=O)NC(C)(C#N)C(C)C. The van der Waals surface area contributed by atoms with E-state index in [1.165, 1.54) is 4.57 Å². The van der Waals surface area contributed by atoms with Crippen molar-refractivity contribution in [2.75, 3.05) is 6.61 Å². The zero-order valence-corrected chi connectivity index (χ0v) is 14.5. The van der Waals surface area contributed by atoms with Crippen LogP contribution in [0, 0.1) is 24.2 Å². The summed E-state index contributed by atoms with van der Waals surface area (Å²) in [5.74, 6) is -1.18. The predicted molar refractivity (Wildman–Crippen MR) is 85.9 cm³/mol. The van der Waals surface area contributed by atoms with Crippen LogP contribution in [0.15, 0.2) is 10.2 Å². The number of esters is 1. The minimum atomic E-state index is -1.01. The topological polar surface area (TPSA) is 101 Å². The van der Waals surface area contributed by atoms with Gasteiger partial charge < -0.3 is 14.6 Å². The molecule has 126 valence electrons. The van der Waals surface area contributed by atoms with Gasteiger partial charge in [-0.05, 0) is 19.8 Å². The van der Waals surface area contributed by atoms with E-state index in [-0.39, 0.29) is 23.8 Å². The van der Waals surface area contributed by atoms with E-state index in [0.717, 1.165) is 17.0 Å². The van der Waals surface area contributed by atoms with E-state index in [4.69, 9.17) is 10.00 Å².